The van der Waals surface area contributed by atoms with Crippen LogP contribution in [0, 0.1) is 0 Å². The zero-order valence-electron chi connectivity index (χ0n) is 20.8. The molecule has 0 N–H and O–H groups in total. The van der Waals surface area contributed by atoms with E-state index in [9.17, 15) is 21.6 Å². The lowest BCUT2D eigenvalue weighted by atomic mass is 10.1. The monoisotopic (exact) mass is 524 g/mol. The van der Waals surface area contributed by atoms with E-state index in [1.54, 1.807) is 12.1 Å². The van der Waals surface area contributed by atoms with Crippen LogP contribution in [0.5, 0.6) is 5.88 Å². The van der Waals surface area contributed by atoms with Crippen LogP contribution < -0.4 is 14.5 Å². The van der Waals surface area contributed by atoms with Gasteiger partial charge in [0.25, 0.3) is 0 Å². The second-order valence-electron chi connectivity index (χ2n) is 9.77. The van der Waals surface area contributed by atoms with Crippen LogP contribution in [0.3, 0.4) is 0 Å². The largest absolute Gasteiger partial charge is 0.472 e. The van der Waals surface area contributed by atoms with E-state index in [0.717, 1.165) is 9.21 Å². The minimum atomic E-state index is -4.68. The predicted octanol–water partition coefficient (Wildman–Crippen LogP) is 2.51. The molecule has 0 aliphatic carbocycles. The standard InChI is InChI=1S/C22H35F3N4O5S/c1-16-15-33-9-8-28(16)17-12-19(26-20(13-17)34-21(2,3)4)29-7-6-27(14-18(29)22(23,24)25)35(30,31)11-10-32-5/h12-13,16,18H,6-11,14-15H2,1-5H3/t16-,18?/m1/s1. The summed E-state index contributed by atoms with van der Waals surface area (Å²) in [5, 5.41) is 0. The maximum absolute atomic E-state index is 14.2. The third kappa shape index (κ3) is 7.11. The molecule has 35 heavy (non-hydrogen) atoms. The SMILES string of the molecule is COCCS(=O)(=O)N1CCN(c2cc(N3CCOC[C@H]3C)cc(OC(C)(C)C)n2)C(C(F)(F)F)C1. The van der Waals surface area contributed by atoms with Gasteiger partial charge in [-0.25, -0.2) is 8.42 Å². The number of pyridine rings is 1. The average Bonchev–Trinajstić information content (AvgIpc) is 2.75. The van der Waals surface area contributed by atoms with E-state index in [2.05, 4.69) is 9.88 Å². The summed E-state index contributed by atoms with van der Waals surface area (Å²) in [6, 6.07) is 1.30. The molecule has 0 saturated carbocycles. The molecular weight excluding hydrogens is 489 g/mol. The van der Waals surface area contributed by atoms with Gasteiger partial charge in [0.1, 0.15) is 17.5 Å². The van der Waals surface area contributed by atoms with Crippen LogP contribution in [0.1, 0.15) is 27.7 Å². The molecular formula is C22H35F3N4O5S. The summed E-state index contributed by atoms with van der Waals surface area (Å²) in [6.07, 6.45) is -4.68. The molecule has 1 aromatic heterocycles. The summed E-state index contributed by atoms with van der Waals surface area (Å²) in [5.74, 6) is -0.0724. The summed E-state index contributed by atoms with van der Waals surface area (Å²) < 4.78 is 84.9. The Hall–Kier alpha value is -1.83. The Morgan fingerprint density at radius 1 is 1.14 bits per heavy atom. The minimum absolute atomic E-state index is 0.0164. The normalized spacial score (nSPS) is 23.0. The van der Waals surface area contributed by atoms with Crippen molar-refractivity contribution in [1.82, 2.24) is 9.29 Å². The fourth-order valence-corrected chi connectivity index (χ4v) is 5.51. The van der Waals surface area contributed by atoms with Gasteiger partial charge in [-0.2, -0.15) is 22.5 Å². The summed E-state index contributed by atoms with van der Waals surface area (Å²) in [6.45, 7) is 7.99. The first-order valence-electron chi connectivity index (χ1n) is 11.6. The summed E-state index contributed by atoms with van der Waals surface area (Å²) >= 11 is 0. The third-order valence-electron chi connectivity index (χ3n) is 5.84. The van der Waals surface area contributed by atoms with Crippen molar-refractivity contribution < 1.29 is 35.8 Å². The maximum atomic E-state index is 14.2. The molecule has 2 atom stereocenters. The van der Waals surface area contributed by atoms with Crippen LogP contribution in [0.2, 0.25) is 0 Å². The van der Waals surface area contributed by atoms with Gasteiger partial charge in [0, 0.05) is 57.2 Å². The van der Waals surface area contributed by atoms with Crippen molar-refractivity contribution in [3.05, 3.63) is 12.1 Å². The Kier molecular flexibility index (Phi) is 8.45. The number of hydrogen-bond acceptors (Lipinski definition) is 8. The Bertz CT molecular complexity index is 971. The van der Waals surface area contributed by atoms with E-state index in [-0.39, 0.29) is 43.2 Å². The van der Waals surface area contributed by atoms with Crippen molar-refractivity contribution in [3.8, 4) is 5.88 Å². The first-order valence-corrected chi connectivity index (χ1v) is 13.2. The molecule has 1 unspecified atom stereocenters. The number of hydrogen-bond donors (Lipinski definition) is 0. The third-order valence-corrected chi connectivity index (χ3v) is 7.64. The van der Waals surface area contributed by atoms with E-state index in [4.69, 9.17) is 14.2 Å². The Balaban J connectivity index is 1.99. The van der Waals surface area contributed by atoms with Crippen LogP contribution in [0.25, 0.3) is 0 Å². The number of halogens is 3. The van der Waals surface area contributed by atoms with Crippen molar-refractivity contribution in [2.24, 2.45) is 0 Å². The molecule has 2 aliphatic rings. The van der Waals surface area contributed by atoms with E-state index >= 15 is 0 Å². The highest BCUT2D eigenvalue weighted by Crippen LogP contribution is 2.36. The maximum Gasteiger partial charge on any atom is 0.410 e. The second-order valence-corrected chi connectivity index (χ2v) is 11.9. The molecule has 9 nitrogen and oxygen atoms in total. The number of morpholine rings is 1. The van der Waals surface area contributed by atoms with Gasteiger partial charge in [0.05, 0.1) is 25.6 Å². The van der Waals surface area contributed by atoms with Gasteiger partial charge in [-0.15, -0.1) is 0 Å². The van der Waals surface area contributed by atoms with E-state index in [1.807, 2.05) is 27.7 Å². The number of methoxy groups -OCH3 is 1. The van der Waals surface area contributed by atoms with E-state index in [0.29, 0.717) is 25.4 Å². The van der Waals surface area contributed by atoms with Crippen molar-refractivity contribution >= 4 is 21.5 Å². The average molecular weight is 525 g/mol. The Labute approximate surface area is 205 Å². The Morgan fingerprint density at radius 3 is 2.46 bits per heavy atom. The number of anilines is 2. The zero-order chi connectivity index (χ0) is 26.0. The fourth-order valence-electron chi connectivity index (χ4n) is 4.15. The van der Waals surface area contributed by atoms with Crippen LogP contribution in [0.4, 0.5) is 24.7 Å². The van der Waals surface area contributed by atoms with Crippen LogP contribution >= 0.6 is 0 Å². The van der Waals surface area contributed by atoms with Gasteiger partial charge in [-0.05, 0) is 27.7 Å². The molecule has 0 bridgehead atoms. The fraction of sp³-hybridized carbons (Fsp3) is 0.773. The van der Waals surface area contributed by atoms with Crippen LogP contribution in [-0.4, -0.2) is 100 Å². The lowest BCUT2D eigenvalue weighted by Gasteiger charge is -2.42. The number of ether oxygens (including phenoxy) is 3. The van der Waals surface area contributed by atoms with Crippen molar-refractivity contribution in [1.29, 1.82) is 0 Å². The number of alkyl halides is 3. The molecule has 200 valence electrons. The van der Waals surface area contributed by atoms with Gasteiger partial charge in [0.2, 0.25) is 15.9 Å². The number of nitrogens with zero attached hydrogens (tertiary/aromatic N) is 4. The number of piperazine rings is 1. The predicted molar refractivity (Wildman–Crippen MR) is 127 cm³/mol. The lowest BCUT2D eigenvalue weighted by Crippen LogP contribution is -2.60. The Morgan fingerprint density at radius 2 is 1.86 bits per heavy atom. The smallest absolute Gasteiger partial charge is 0.410 e. The van der Waals surface area contributed by atoms with Crippen LogP contribution in [0.15, 0.2) is 12.1 Å². The number of sulfonamides is 1. The van der Waals surface area contributed by atoms with Crippen molar-refractivity contribution in [2.75, 3.05) is 68.7 Å². The highest BCUT2D eigenvalue weighted by Gasteiger charge is 2.49. The quantitative estimate of drug-likeness (QED) is 0.538. The number of rotatable bonds is 7. The molecule has 0 amide bonds. The molecule has 0 radical (unpaired) electrons. The van der Waals surface area contributed by atoms with Crippen molar-refractivity contribution in [3.63, 3.8) is 0 Å². The first-order chi connectivity index (χ1) is 16.2. The molecule has 3 heterocycles. The lowest BCUT2D eigenvalue weighted by molar-refractivity contribution is -0.153. The van der Waals surface area contributed by atoms with Gasteiger partial charge >= 0.3 is 6.18 Å². The molecule has 0 spiro atoms. The van der Waals surface area contributed by atoms with Gasteiger partial charge < -0.3 is 24.0 Å². The molecule has 3 rings (SSSR count). The highest BCUT2D eigenvalue weighted by atomic mass is 32.2. The van der Waals surface area contributed by atoms with Crippen LogP contribution in [-0.2, 0) is 19.5 Å². The van der Waals surface area contributed by atoms with Gasteiger partial charge in [-0.1, -0.05) is 0 Å². The molecule has 2 saturated heterocycles. The molecule has 2 aliphatic heterocycles. The minimum Gasteiger partial charge on any atom is -0.472 e. The van der Waals surface area contributed by atoms with Gasteiger partial charge in [-0.3, -0.25) is 0 Å². The molecule has 2 fully saturated rings. The zero-order valence-corrected chi connectivity index (χ0v) is 21.7. The molecule has 0 aromatic carbocycles. The second kappa shape index (κ2) is 10.7. The van der Waals surface area contributed by atoms with E-state index in [1.165, 1.54) is 7.11 Å². The van der Waals surface area contributed by atoms with Crippen molar-refractivity contribution in [2.45, 2.75) is 51.6 Å². The summed E-state index contributed by atoms with van der Waals surface area (Å²) in [5.41, 5.74) is 0.0676. The molecule has 1 aromatic rings. The topological polar surface area (TPSA) is 84.4 Å². The molecule has 13 heteroatoms. The van der Waals surface area contributed by atoms with Gasteiger partial charge in [0.15, 0.2) is 0 Å². The number of aromatic nitrogens is 1. The van der Waals surface area contributed by atoms with E-state index < -0.39 is 34.4 Å². The summed E-state index contributed by atoms with van der Waals surface area (Å²) in [4.78, 5) is 7.61. The first kappa shape index (κ1) is 27.8. The highest BCUT2D eigenvalue weighted by molar-refractivity contribution is 7.89. The summed E-state index contributed by atoms with van der Waals surface area (Å²) in [7, 11) is -2.55.